The number of phenolic OH excluding ortho intramolecular Hbond substituents is 1. The summed E-state index contributed by atoms with van der Waals surface area (Å²) >= 11 is 1.41. The Balaban J connectivity index is 2.00. The Labute approximate surface area is 186 Å². The topological polar surface area (TPSA) is 54.6 Å². The summed E-state index contributed by atoms with van der Waals surface area (Å²) in [4.78, 5) is 18.7. The van der Waals surface area contributed by atoms with Crippen LogP contribution >= 0.6 is 11.3 Å². The Morgan fingerprint density at radius 1 is 1.00 bits per heavy atom. The molecular formula is C26H30N2O2S. The van der Waals surface area contributed by atoms with E-state index in [4.69, 9.17) is 4.98 Å². The van der Waals surface area contributed by atoms with Crippen molar-refractivity contribution >= 4 is 33.4 Å². The van der Waals surface area contributed by atoms with Crippen LogP contribution in [0.25, 0.3) is 22.1 Å². The summed E-state index contributed by atoms with van der Waals surface area (Å²) in [6, 6.07) is 8.01. The molecule has 0 aliphatic rings. The first-order valence-electron chi connectivity index (χ1n) is 10.6. The molecule has 2 aromatic carbocycles. The molecular weight excluding hydrogens is 404 g/mol. The van der Waals surface area contributed by atoms with Crippen molar-refractivity contribution in [2.45, 2.75) is 66.2 Å². The Morgan fingerprint density at radius 3 is 2.13 bits per heavy atom. The van der Waals surface area contributed by atoms with Crippen LogP contribution in [0, 0.1) is 13.8 Å². The van der Waals surface area contributed by atoms with E-state index in [2.05, 4.69) is 48.5 Å². The third kappa shape index (κ3) is 3.55. The van der Waals surface area contributed by atoms with Gasteiger partial charge in [0.2, 0.25) is 0 Å². The molecule has 0 unspecified atom stereocenters. The molecule has 4 rings (SSSR count). The molecule has 162 valence electrons. The zero-order valence-corrected chi connectivity index (χ0v) is 20.4. The highest BCUT2D eigenvalue weighted by Crippen LogP contribution is 2.39. The van der Waals surface area contributed by atoms with E-state index in [1.54, 1.807) is 4.40 Å². The lowest BCUT2D eigenvalue weighted by Crippen LogP contribution is -2.23. The molecule has 4 aromatic rings. The summed E-state index contributed by atoms with van der Waals surface area (Å²) in [5, 5.41) is 11.0. The smallest absolute Gasteiger partial charge is 0.274 e. The molecule has 4 nitrogen and oxygen atoms in total. The van der Waals surface area contributed by atoms with Crippen molar-refractivity contribution in [2.75, 3.05) is 0 Å². The van der Waals surface area contributed by atoms with Crippen molar-refractivity contribution in [2.24, 2.45) is 0 Å². The first kappa shape index (κ1) is 21.6. The van der Waals surface area contributed by atoms with Crippen LogP contribution in [0.1, 0.15) is 69.4 Å². The fourth-order valence-electron chi connectivity index (χ4n) is 4.00. The predicted octanol–water partition coefficient (Wildman–Crippen LogP) is 5.37. The highest BCUT2D eigenvalue weighted by Gasteiger charge is 2.26. The maximum Gasteiger partial charge on any atom is 0.274 e. The van der Waals surface area contributed by atoms with E-state index in [-0.39, 0.29) is 16.4 Å². The Morgan fingerprint density at radius 2 is 1.58 bits per heavy atom. The number of aromatic hydroxyl groups is 1. The molecule has 5 heteroatoms. The van der Waals surface area contributed by atoms with Crippen molar-refractivity contribution in [1.29, 1.82) is 0 Å². The maximum atomic E-state index is 13.3. The second-order valence-electron chi connectivity index (χ2n) is 10.5. The quantitative estimate of drug-likeness (QED) is 0.438. The number of hydrogen-bond donors (Lipinski definition) is 1. The number of hydrogen-bond acceptors (Lipinski definition) is 4. The monoisotopic (exact) mass is 434 g/mol. The van der Waals surface area contributed by atoms with E-state index in [9.17, 15) is 9.90 Å². The van der Waals surface area contributed by atoms with Crippen molar-refractivity contribution in [3.8, 4) is 5.75 Å². The van der Waals surface area contributed by atoms with Gasteiger partial charge in [-0.2, -0.15) is 0 Å². The van der Waals surface area contributed by atoms with Gasteiger partial charge in [-0.05, 0) is 65.6 Å². The largest absolute Gasteiger partial charge is 0.507 e. The molecule has 0 saturated heterocycles. The predicted molar refractivity (Wildman–Crippen MR) is 131 cm³/mol. The summed E-state index contributed by atoms with van der Waals surface area (Å²) in [5.41, 5.74) is 6.24. The van der Waals surface area contributed by atoms with Crippen LogP contribution in [0.4, 0.5) is 0 Å². The van der Waals surface area contributed by atoms with Gasteiger partial charge in [0.25, 0.3) is 5.56 Å². The number of fused-ring (bicyclic) bond motifs is 3. The zero-order chi connectivity index (χ0) is 22.9. The van der Waals surface area contributed by atoms with E-state index < -0.39 is 0 Å². The minimum atomic E-state index is -0.218. The first-order valence-corrected chi connectivity index (χ1v) is 11.4. The molecule has 31 heavy (non-hydrogen) atoms. The SMILES string of the molecule is Cc1ccc2c(nc3s/c(=C/c4cc(C(C)(C)C)c(O)c(C(C)(C)C)c4)c(=O)n32)c1C. The Kier molecular flexibility index (Phi) is 4.82. The molecule has 1 N–H and O–H groups in total. The minimum Gasteiger partial charge on any atom is -0.507 e. The van der Waals surface area contributed by atoms with Crippen molar-refractivity contribution in [3.63, 3.8) is 0 Å². The van der Waals surface area contributed by atoms with Gasteiger partial charge in [-0.1, -0.05) is 58.9 Å². The Bertz CT molecular complexity index is 1410. The van der Waals surface area contributed by atoms with Crippen molar-refractivity contribution in [3.05, 3.63) is 67.0 Å². The number of benzene rings is 2. The average molecular weight is 435 g/mol. The van der Waals surface area contributed by atoms with Crippen LogP contribution < -0.4 is 10.1 Å². The fourth-order valence-corrected chi connectivity index (χ4v) is 4.98. The van der Waals surface area contributed by atoms with E-state index in [0.29, 0.717) is 15.2 Å². The minimum absolute atomic E-state index is 0.0477. The van der Waals surface area contributed by atoms with E-state index in [1.807, 2.05) is 37.3 Å². The number of imidazole rings is 1. The molecule has 0 radical (unpaired) electrons. The maximum absolute atomic E-state index is 13.3. The lowest BCUT2D eigenvalue weighted by atomic mass is 9.78. The van der Waals surface area contributed by atoms with Crippen molar-refractivity contribution < 1.29 is 5.11 Å². The molecule has 0 amide bonds. The summed E-state index contributed by atoms with van der Waals surface area (Å²) in [7, 11) is 0. The summed E-state index contributed by atoms with van der Waals surface area (Å²) in [6.45, 7) is 16.6. The zero-order valence-electron chi connectivity index (χ0n) is 19.5. The second kappa shape index (κ2) is 6.92. The lowest BCUT2D eigenvalue weighted by Gasteiger charge is -2.27. The number of nitrogens with zero attached hydrogens (tertiary/aromatic N) is 2. The van der Waals surface area contributed by atoms with Crippen LogP contribution in [-0.2, 0) is 10.8 Å². The van der Waals surface area contributed by atoms with Gasteiger partial charge < -0.3 is 5.11 Å². The van der Waals surface area contributed by atoms with Crippen LogP contribution in [-0.4, -0.2) is 14.5 Å². The van der Waals surface area contributed by atoms with Gasteiger partial charge in [-0.25, -0.2) is 9.38 Å². The first-order chi connectivity index (χ1) is 14.3. The molecule has 0 saturated carbocycles. The van der Waals surface area contributed by atoms with Crippen molar-refractivity contribution in [1.82, 2.24) is 9.38 Å². The summed E-state index contributed by atoms with van der Waals surface area (Å²) in [6.07, 6.45) is 1.93. The molecule has 2 heterocycles. The molecule has 0 aliphatic heterocycles. The molecule has 0 fully saturated rings. The highest BCUT2D eigenvalue weighted by molar-refractivity contribution is 7.15. The van der Waals surface area contributed by atoms with Gasteiger partial charge in [0.15, 0.2) is 4.96 Å². The number of aryl methyl sites for hydroxylation is 2. The van der Waals surface area contributed by atoms with Gasteiger partial charge in [-0.15, -0.1) is 0 Å². The molecule has 0 spiro atoms. The number of phenols is 1. The van der Waals surface area contributed by atoms with E-state index in [0.717, 1.165) is 33.3 Å². The third-order valence-electron chi connectivity index (χ3n) is 5.98. The van der Waals surface area contributed by atoms with Gasteiger partial charge in [0.05, 0.1) is 15.6 Å². The third-order valence-corrected chi connectivity index (χ3v) is 6.95. The molecule has 0 aliphatic carbocycles. The second-order valence-corrected chi connectivity index (χ2v) is 11.5. The van der Waals surface area contributed by atoms with Gasteiger partial charge in [0.1, 0.15) is 5.75 Å². The van der Waals surface area contributed by atoms with E-state index in [1.165, 1.54) is 16.9 Å². The van der Waals surface area contributed by atoms with Crippen LogP contribution in [0.3, 0.4) is 0 Å². The Hall–Kier alpha value is -2.66. The number of aromatic nitrogens is 2. The molecule has 0 bridgehead atoms. The highest BCUT2D eigenvalue weighted by atomic mass is 32.1. The van der Waals surface area contributed by atoms with Gasteiger partial charge in [0, 0.05) is 11.1 Å². The van der Waals surface area contributed by atoms with Crippen LogP contribution in [0.5, 0.6) is 5.75 Å². The van der Waals surface area contributed by atoms with E-state index >= 15 is 0 Å². The molecule has 2 aromatic heterocycles. The van der Waals surface area contributed by atoms with Crippen LogP contribution in [0.15, 0.2) is 29.1 Å². The van der Waals surface area contributed by atoms with Gasteiger partial charge in [-0.3, -0.25) is 4.79 Å². The average Bonchev–Trinajstić information content (AvgIpc) is 3.15. The standard InChI is InChI=1S/C26H30N2O2S/c1-14-9-10-19-21(15(14)2)27-24-28(19)23(30)20(31-24)13-16-11-17(25(3,4)5)22(29)18(12-16)26(6,7)8/h9-13,29H,1-8H3/b20-13+. The summed E-state index contributed by atoms with van der Waals surface area (Å²) in [5.74, 6) is 0.345. The van der Waals surface area contributed by atoms with Gasteiger partial charge >= 0.3 is 0 Å². The number of rotatable bonds is 1. The fraction of sp³-hybridized carbons (Fsp3) is 0.385. The lowest BCUT2D eigenvalue weighted by molar-refractivity contribution is 0.423. The van der Waals surface area contributed by atoms with Crippen LogP contribution in [0.2, 0.25) is 0 Å². The number of thiazole rings is 1. The molecule has 0 atom stereocenters. The summed E-state index contributed by atoms with van der Waals surface area (Å²) < 4.78 is 2.36. The normalized spacial score (nSPS) is 13.6.